The third-order valence-electron chi connectivity index (χ3n) is 13.2. The lowest BCUT2D eigenvalue weighted by atomic mass is 9.68. The molecule has 8 rings (SSSR count). The maximum Gasteiger partial charge on any atom is 0.335 e. The molecule has 11 nitrogen and oxygen atoms in total. The van der Waals surface area contributed by atoms with Gasteiger partial charge in [0.05, 0.1) is 43.0 Å². The van der Waals surface area contributed by atoms with E-state index in [2.05, 4.69) is 22.2 Å². The molecular formula is C47H54ClN3O8S. The van der Waals surface area contributed by atoms with Crippen molar-refractivity contribution >= 4 is 39.0 Å². The summed E-state index contributed by atoms with van der Waals surface area (Å²) < 4.78 is 47.3. The summed E-state index contributed by atoms with van der Waals surface area (Å²) in [6, 6.07) is 26.3. The average Bonchev–Trinajstić information content (AvgIpc) is 3.64. The summed E-state index contributed by atoms with van der Waals surface area (Å²) >= 11 is 6.45. The van der Waals surface area contributed by atoms with Gasteiger partial charge in [-0.3, -0.25) is 0 Å². The summed E-state index contributed by atoms with van der Waals surface area (Å²) in [5.74, 6) is 1.73. The van der Waals surface area contributed by atoms with Crippen molar-refractivity contribution in [1.82, 2.24) is 4.31 Å². The summed E-state index contributed by atoms with van der Waals surface area (Å²) in [5, 5.41) is 14.6. The third kappa shape index (κ3) is 8.83. The van der Waals surface area contributed by atoms with E-state index in [1.165, 1.54) is 11.1 Å². The van der Waals surface area contributed by atoms with Gasteiger partial charge in [0.1, 0.15) is 23.4 Å². The molecule has 0 radical (unpaired) electrons. The Bertz CT molecular complexity index is 2270. The van der Waals surface area contributed by atoms with Crippen LogP contribution in [0, 0.1) is 11.8 Å². The number of carbonyl (C=O) groups is 1. The molecule has 318 valence electrons. The minimum Gasteiger partial charge on any atom is -0.497 e. The second-order valence-corrected chi connectivity index (χ2v) is 19.7. The van der Waals surface area contributed by atoms with Gasteiger partial charge in [0.15, 0.2) is 0 Å². The van der Waals surface area contributed by atoms with Crippen LogP contribution in [0.5, 0.6) is 17.2 Å². The van der Waals surface area contributed by atoms with Crippen LogP contribution in [-0.2, 0) is 39.8 Å². The maximum atomic E-state index is 14.3. The van der Waals surface area contributed by atoms with Crippen molar-refractivity contribution < 1.29 is 37.4 Å². The Morgan fingerprint density at radius 3 is 2.32 bits per heavy atom. The number of oxime groups is 1. The van der Waals surface area contributed by atoms with Crippen molar-refractivity contribution in [1.29, 1.82) is 0 Å². The summed E-state index contributed by atoms with van der Waals surface area (Å²) in [7, 11) is -0.505. The van der Waals surface area contributed by atoms with E-state index in [0.717, 1.165) is 66.2 Å². The van der Waals surface area contributed by atoms with E-state index in [0.29, 0.717) is 55.6 Å². The smallest absolute Gasteiger partial charge is 0.335 e. The molecule has 0 bridgehead atoms. The number of nitrogens with zero attached hydrogens (tertiary/aromatic N) is 3. The number of hydrogen-bond donors (Lipinski definition) is 1. The SMILES string of the molecule is COc1ccc(CN(Cc2ccc(OC)cc2)S(=O)(=O)[C@H](C)CCC2=NO[C@@H]([C@@H]3CC[C@H]3CN3CC4(CCCc5cc(Cl)ccc54)COc4ccc(C(=O)O)cc43)C2)cc1. The van der Waals surface area contributed by atoms with Gasteiger partial charge in [-0.2, -0.15) is 4.31 Å². The standard InChI is InChI=1S/C47H54ClN3O8S/c1-31(60(54,55)51(26-32-7-15-39(56-2)16-8-32)27-33-9-17-40(57-3)18-10-33)6-14-38-25-45(59-49-38)41-19-11-36(41)28-50-29-47(22-4-5-34-23-37(48)13-20-42(34)47)30-58-44-21-12-35(46(52)53)24-43(44)50/h7-10,12-13,15-18,20-21,23-24,31,36,41,45H,4-6,11,14,19,22,25-30H2,1-3H3,(H,52,53)/t31-,36+,41-,45-,47?/m1/s1. The molecule has 1 unspecified atom stereocenters. The number of sulfonamides is 1. The molecule has 2 heterocycles. The normalized spacial score (nSPS) is 22.7. The molecule has 1 spiro atoms. The predicted molar refractivity (Wildman–Crippen MR) is 233 cm³/mol. The van der Waals surface area contributed by atoms with Gasteiger partial charge in [0, 0.05) is 49.0 Å². The van der Waals surface area contributed by atoms with E-state index in [1.807, 2.05) is 54.6 Å². The topological polar surface area (TPSA) is 127 Å². The fraction of sp³-hybridized carbons (Fsp3) is 0.447. The first-order chi connectivity index (χ1) is 28.9. The first-order valence-electron chi connectivity index (χ1n) is 20.9. The van der Waals surface area contributed by atoms with Gasteiger partial charge < -0.3 is 29.1 Å². The first-order valence-corrected chi connectivity index (χ1v) is 22.8. The summed E-state index contributed by atoms with van der Waals surface area (Å²) in [5.41, 5.74) is 5.92. The Hall–Kier alpha value is -4.78. The zero-order valence-corrected chi connectivity index (χ0v) is 36.1. The highest BCUT2D eigenvalue weighted by Gasteiger charge is 2.46. The monoisotopic (exact) mass is 855 g/mol. The Kier molecular flexibility index (Phi) is 12.4. The van der Waals surface area contributed by atoms with Gasteiger partial charge in [-0.25, -0.2) is 13.2 Å². The summed E-state index contributed by atoms with van der Waals surface area (Å²) in [4.78, 5) is 20.6. The van der Waals surface area contributed by atoms with E-state index >= 15 is 0 Å². The Labute approximate surface area is 358 Å². The Balaban J connectivity index is 0.934. The number of ether oxygens (including phenoxy) is 3. The van der Waals surface area contributed by atoms with Crippen molar-refractivity contribution in [2.45, 2.75) is 88.1 Å². The minimum absolute atomic E-state index is 0.0909. The largest absolute Gasteiger partial charge is 0.497 e. The molecule has 4 aromatic carbocycles. The van der Waals surface area contributed by atoms with E-state index < -0.39 is 21.2 Å². The number of fused-ring (bicyclic) bond motifs is 3. The molecule has 4 aliphatic rings. The number of methoxy groups -OCH3 is 2. The molecule has 5 atom stereocenters. The van der Waals surface area contributed by atoms with E-state index in [9.17, 15) is 18.3 Å². The number of anilines is 1. The molecule has 1 fully saturated rings. The van der Waals surface area contributed by atoms with Gasteiger partial charge in [-0.1, -0.05) is 47.1 Å². The zero-order valence-electron chi connectivity index (χ0n) is 34.5. The third-order valence-corrected chi connectivity index (χ3v) is 15.7. The molecule has 0 saturated heterocycles. The fourth-order valence-corrected chi connectivity index (χ4v) is 11.3. The lowest BCUT2D eigenvalue weighted by molar-refractivity contribution is -0.0213. The average molecular weight is 856 g/mol. The van der Waals surface area contributed by atoms with Crippen molar-refractivity contribution in [3.05, 3.63) is 118 Å². The number of hydrogen-bond acceptors (Lipinski definition) is 9. The van der Waals surface area contributed by atoms with Crippen molar-refractivity contribution in [3.8, 4) is 17.2 Å². The molecule has 60 heavy (non-hydrogen) atoms. The molecule has 0 aromatic heterocycles. The zero-order chi connectivity index (χ0) is 42.0. The molecule has 1 saturated carbocycles. The fourth-order valence-electron chi connectivity index (χ4n) is 9.55. The number of carboxylic acids is 1. The molecule has 4 aromatic rings. The number of halogens is 1. The molecular weight excluding hydrogens is 802 g/mol. The van der Waals surface area contributed by atoms with Gasteiger partial charge in [0.25, 0.3) is 0 Å². The Morgan fingerprint density at radius 1 is 0.983 bits per heavy atom. The van der Waals surface area contributed by atoms with Crippen LogP contribution in [-0.4, -0.2) is 74.8 Å². The van der Waals surface area contributed by atoms with Gasteiger partial charge >= 0.3 is 5.97 Å². The van der Waals surface area contributed by atoms with Crippen molar-refractivity contribution in [2.24, 2.45) is 17.0 Å². The van der Waals surface area contributed by atoms with Crippen LogP contribution in [0.4, 0.5) is 5.69 Å². The van der Waals surface area contributed by atoms with Crippen LogP contribution in [0.25, 0.3) is 0 Å². The van der Waals surface area contributed by atoms with E-state index in [4.69, 9.17) is 30.6 Å². The summed E-state index contributed by atoms with van der Waals surface area (Å²) in [6.45, 7) is 4.18. The second-order valence-electron chi connectivity index (χ2n) is 17.0. The highest BCUT2D eigenvalue weighted by atomic mass is 35.5. The highest BCUT2D eigenvalue weighted by molar-refractivity contribution is 7.89. The maximum absolute atomic E-state index is 14.3. The lowest BCUT2D eigenvalue weighted by Gasteiger charge is -2.45. The number of aromatic carboxylic acids is 1. The molecule has 2 aliphatic carbocycles. The molecule has 13 heteroatoms. The second kappa shape index (κ2) is 17.7. The van der Waals surface area contributed by atoms with Crippen LogP contribution in [0.15, 0.2) is 90.1 Å². The van der Waals surface area contributed by atoms with Crippen LogP contribution >= 0.6 is 11.6 Å². The molecule has 1 N–H and O–H groups in total. The van der Waals surface area contributed by atoms with Crippen LogP contribution in [0.2, 0.25) is 5.02 Å². The first kappa shape index (κ1) is 41.9. The van der Waals surface area contributed by atoms with Crippen LogP contribution in [0.3, 0.4) is 0 Å². The van der Waals surface area contributed by atoms with Gasteiger partial charge in [0.2, 0.25) is 10.0 Å². The van der Waals surface area contributed by atoms with Crippen LogP contribution in [0.1, 0.15) is 84.5 Å². The van der Waals surface area contributed by atoms with Gasteiger partial charge in [-0.05, 0) is 135 Å². The van der Waals surface area contributed by atoms with Crippen molar-refractivity contribution in [3.63, 3.8) is 0 Å². The lowest BCUT2D eigenvalue weighted by Crippen LogP contribution is -2.49. The van der Waals surface area contributed by atoms with Crippen molar-refractivity contribution in [2.75, 3.05) is 38.8 Å². The number of benzene rings is 4. The number of aryl methyl sites for hydroxylation is 1. The number of carboxylic acid groups (broad SMARTS) is 1. The number of rotatable bonds is 15. The van der Waals surface area contributed by atoms with E-state index in [1.54, 1.807) is 43.6 Å². The van der Waals surface area contributed by atoms with E-state index in [-0.39, 0.29) is 36.1 Å². The molecule has 0 amide bonds. The van der Waals surface area contributed by atoms with Gasteiger partial charge in [-0.15, -0.1) is 0 Å². The highest BCUT2D eigenvalue weighted by Crippen LogP contribution is 2.47. The quantitative estimate of drug-likeness (QED) is 0.125. The van der Waals surface area contributed by atoms with Crippen LogP contribution < -0.4 is 19.1 Å². The predicted octanol–water partition coefficient (Wildman–Crippen LogP) is 8.90. The molecule has 2 aliphatic heterocycles. The minimum atomic E-state index is -3.72. The Morgan fingerprint density at radius 2 is 1.68 bits per heavy atom. The summed E-state index contributed by atoms with van der Waals surface area (Å²) in [6.07, 6.45) is 6.49.